The highest BCUT2D eigenvalue weighted by Crippen LogP contribution is 2.26. The molecule has 3 fully saturated rings. The fourth-order valence-electron chi connectivity index (χ4n) is 5.05. The van der Waals surface area contributed by atoms with E-state index in [1.165, 1.54) is 38.6 Å². The van der Waals surface area contributed by atoms with Crippen LogP contribution in [0, 0.1) is 5.92 Å². The smallest absolute Gasteiger partial charge is 0.226 e. The molecule has 0 unspecified atom stereocenters. The number of amides is 1. The van der Waals surface area contributed by atoms with E-state index in [-0.39, 0.29) is 5.92 Å². The molecule has 1 aromatic heterocycles. The van der Waals surface area contributed by atoms with Crippen molar-refractivity contribution in [2.75, 3.05) is 39.3 Å². The van der Waals surface area contributed by atoms with Gasteiger partial charge in [0, 0.05) is 45.3 Å². The molecule has 7 heteroatoms. The molecule has 0 N–H and O–H groups in total. The van der Waals surface area contributed by atoms with Gasteiger partial charge in [-0.15, -0.1) is 0 Å². The molecule has 0 aliphatic carbocycles. The molecule has 7 nitrogen and oxygen atoms in total. The Bertz CT molecular complexity index is 618. The first-order valence-electron chi connectivity index (χ1n) is 10.9. The molecular formula is C20H34N6O. The molecule has 1 atom stereocenters. The fourth-order valence-corrected chi connectivity index (χ4v) is 5.05. The van der Waals surface area contributed by atoms with Crippen LogP contribution in [0.4, 0.5) is 0 Å². The van der Waals surface area contributed by atoms with Crippen LogP contribution >= 0.6 is 0 Å². The zero-order valence-corrected chi connectivity index (χ0v) is 16.7. The molecule has 3 aliphatic rings. The van der Waals surface area contributed by atoms with Crippen molar-refractivity contribution in [2.24, 2.45) is 5.92 Å². The van der Waals surface area contributed by atoms with Gasteiger partial charge in [-0.3, -0.25) is 14.6 Å². The number of carbonyl (C=O) groups is 1. The summed E-state index contributed by atoms with van der Waals surface area (Å²) >= 11 is 0. The minimum absolute atomic E-state index is 0.234. The maximum absolute atomic E-state index is 12.8. The van der Waals surface area contributed by atoms with E-state index in [2.05, 4.69) is 31.7 Å². The molecule has 0 bridgehead atoms. The van der Waals surface area contributed by atoms with Crippen molar-refractivity contribution in [3.63, 3.8) is 0 Å². The summed E-state index contributed by atoms with van der Waals surface area (Å²) in [6.07, 6.45) is 8.69. The van der Waals surface area contributed by atoms with Gasteiger partial charge in [0.25, 0.3) is 0 Å². The standard InChI is InChI=1S/C20H34N6O/c1-2-26-19(21-16-22-26)15-23-12-7-18(8-13-23)25-11-5-6-17(14-25)20(27)24-9-3-4-10-24/h16-18H,2-15H2,1H3/t17-/m1/s1. The van der Waals surface area contributed by atoms with Gasteiger partial charge in [-0.2, -0.15) is 5.10 Å². The van der Waals surface area contributed by atoms with Gasteiger partial charge in [-0.25, -0.2) is 9.67 Å². The summed E-state index contributed by atoms with van der Waals surface area (Å²) in [4.78, 5) is 24.4. The molecule has 1 amide bonds. The van der Waals surface area contributed by atoms with Crippen LogP contribution in [0.1, 0.15) is 51.3 Å². The highest BCUT2D eigenvalue weighted by molar-refractivity contribution is 5.79. The van der Waals surface area contributed by atoms with Gasteiger partial charge in [0.15, 0.2) is 0 Å². The Balaban J connectivity index is 1.27. The van der Waals surface area contributed by atoms with E-state index in [0.29, 0.717) is 11.9 Å². The first-order valence-corrected chi connectivity index (χ1v) is 10.9. The van der Waals surface area contributed by atoms with E-state index in [1.54, 1.807) is 6.33 Å². The van der Waals surface area contributed by atoms with Crippen LogP contribution in [0.15, 0.2) is 6.33 Å². The molecule has 0 saturated carbocycles. The summed E-state index contributed by atoms with van der Waals surface area (Å²) in [5.74, 6) is 1.73. The van der Waals surface area contributed by atoms with E-state index in [4.69, 9.17) is 0 Å². The highest BCUT2D eigenvalue weighted by Gasteiger charge is 2.34. The van der Waals surface area contributed by atoms with Crippen molar-refractivity contribution in [2.45, 2.75) is 64.6 Å². The molecule has 27 heavy (non-hydrogen) atoms. The molecular weight excluding hydrogens is 340 g/mol. The lowest BCUT2D eigenvalue weighted by Crippen LogP contribution is -2.51. The van der Waals surface area contributed by atoms with Gasteiger partial charge in [-0.1, -0.05) is 0 Å². The molecule has 4 rings (SSSR count). The molecule has 0 spiro atoms. The Morgan fingerprint density at radius 3 is 2.59 bits per heavy atom. The number of carbonyl (C=O) groups excluding carboxylic acids is 1. The Hall–Kier alpha value is -1.47. The Kier molecular flexibility index (Phi) is 6.08. The number of hydrogen-bond acceptors (Lipinski definition) is 5. The molecule has 150 valence electrons. The van der Waals surface area contributed by atoms with Gasteiger partial charge in [0.2, 0.25) is 5.91 Å². The van der Waals surface area contributed by atoms with Crippen LogP contribution in [0.3, 0.4) is 0 Å². The summed E-state index contributed by atoms with van der Waals surface area (Å²) in [6.45, 7) is 10.2. The Labute approximate surface area is 162 Å². The number of aryl methyl sites for hydroxylation is 1. The largest absolute Gasteiger partial charge is 0.342 e. The minimum atomic E-state index is 0.234. The number of aromatic nitrogens is 3. The second kappa shape index (κ2) is 8.69. The predicted molar refractivity (Wildman–Crippen MR) is 104 cm³/mol. The number of hydrogen-bond donors (Lipinski definition) is 0. The average Bonchev–Trinajstić information content (AvgIpc) is 3.40. The Morgan fingerprint density at radius 1 is 1.07 bits per heavy atom. The van der Waals surface area contributed by atoms with Gasteiger partial charge < -0.3 is 4.90 Å². The monoisotopic (exact) mass is 374 g/mol. The minimum Gasteiger partial charge on any atom is -0.342 e. The van der Waals surface area contributed by atoms with Gasteiger partial charge >= 0.3 is 0 Å². The number of likely N-dealkylation sites (tertiary alicyclic amines) is 3. The average molecular weight is 375 g/mol. The number of rotatable bonds is 5. The fraction of sp³-hybridized carbons (Fsp3) is 0.850. The second-order valence-corrected chi connectivity index (χ2v) is 8.37. The zero-order chi connectivity index (χ0) is 18.6. The van der Waals surface area contributed by atoms with E-state index < -0.39 is 0 Å². The van der Waals surface area contributed by atoms with Crippen molar-refractivity contribution < 1.29 is 4.79 Å². The SMILES string of the molecule is CCn1ncnc1CN1CCC(N2CCC[C@@H](C(=O)N3CCCC3)C2)CC1. The van der Waals surface area contributed by atoms with E-state index in [1.807, 2.05) is 4.68 Å². The predicted octanol–water partition coefficient (Wildman–Crippen LogP) is 1.60. The maximum Gasteiger partial charge on any atom is 0.226 e. The number of nitrogens with zero attached hydrogens (tertiary/aromatic N) is 6. The van der Waals surface area contributed by atoms with Crippen molar-refractivity contribution in [1.82, 2.24) is 29.5 Å². The molecule has 0 radical (unpaired) electrons. The van der Waals surface area contributed by atoms with Crippen molar-refractivity contribution >= 4 is 5.91 Å². The van der Waals surface area contributed by atoms with Crippen LogP contribution in [-0.4, -0.2) is 80.7 Å². The summed E-state index contributed by atoms with van der Waals surface area (Å²) in [6, 6.07) is 0.638. The normalized spacial score (nSPS) is 26.0. The van der Waals surface area contributed by atoms with Crippen LogP contribution in [0.2, 0.25) is 0 Å². The zero-order valence-electron chi connectivity index (χ0n) is 16.7. The third-order valence-electron chi connectivity index (χ3n) is 6.65. The van der Waals surface area contributed by atoms with Crippen molar-refractivity contribution in [1.29, 1.82) is 0 Å². The first kappa shape index (κ1) is 18.9. The van der Waals surface area contributed by atoms with Crippen LogP contribution in [0.5, 0.6) is 0 Å². The Morgan fingerprint density at radius 2 is 1.85 bits per heavy atom. The van der Waals surface area contributed by atoms with E-state index in [9.17, 15) is 4.79 Å². The first-order chi connectivity index (χ1) is 13.2. The molecule has 1 aromatic rings. The maximum atomic E-state index is 12.8. The summed E-state index contributed by atoms with van der Waals surface area (Å²) < 4.78 is 1.99. The molecule has 3 saturated heterocycles. The van der Waals surface area contributed by atoms with Crippen LogP contribution < -0.4 is 0 Å². The second-order valence-electron chi connectivity index (χ2n) is 8.37. The quantitative estimate of drug-likeness (QED) is 0.783. The molecule has 3 aliphatic heterocycles. The molecule has 4 heterocycles. The summed E-state index contributed by atoms with van der Waals surface area (Å²) in [7, 11) is 0. The lowest BCUT2D eigenvalue weighted by molar-refractivity contribution is -0.136. The van der Waals surface area contributed by atoms with Crippen molar-refractivity contribution in [3.05, 3.63) is 12.2 Å². The lowest BCUT2D eigenvalue weighted by atomic mass is 9.93. The third kappa shape index (κ3) is 4.35. The van der Waals surface area contributed by atoms with Crippen LogP contribution in [0.25, 0.3) is 0 Å². The topological polar surface area (TPSA) is 57.5 Å². The number of piperidine rings is 2. The van der Waals surface area contributed by atoms with Gasteiger partial charge in [-0.05, 0) is 52.0 Å². The summed E-state index contributed by atoms with van der Waals surface area (Å²) in [5, 5.41) is 4.28. The third-order valence-corrected chi connectivity index (χ3v) is 6.65. The van der Waals surface area contributed by atoms with Gasteiger partial charge in [0.1, 0.15) is 12.2 Å². The highest BCUT2D eigenvalue weighted by atomic mass is 16.2. The lowest BCUT2D eigenvalue weighted by Gasteiger charge is -2.42. The van der Waals surface area contributed by atoms with Gasteiger partial charge in [0.05, 0.1) is 12.5 Å². The van der Waals surface area contributed by atoms with E-state index >= 15 is 0 Å². The van der Waals surface area contributed by atoms with E-state index in [0.717, 1.165) is 58.1 Å². The van der Waals surface area contributed by atoms with Crippen molar-refractivity contribution in [3.8, 4) is 0 Å². The summed E-state index contributed by atoms with van der Waals surface area (Å²) in [5.41, 5.74) is 0. The molecule has 0 aromatic carbocycles. The van der Waals surface area contributed by atoms with Crippen LogP contribution in [-0.2, 0) is 17.9 Å².